The first kappa shape index (κ1) is 22.9. The first-order chi connectivity index (χ1) is 12.6. The zero-order valence-corrected chi connectivity index (χ0v) is 16.8. The summed E-state index contributed by atoms with van der Waals surface area (Å²) in [4.78, 5) is 24.5. The van der Waals surface area contributed by atoms with E-state index in [4.69, 9.17) is 14.6 Å². The van der Waals surface area contributed by atoms with Gasteiger partial charge in [-0.2, -0.15) is 0 Å². The van der Waals surface area contributed by atoms with Gasteiger partial charge in [0.25, 0.3) is 6.47 Å². The molecule has 0 aliphatic carbocycles. The van der Waals surface area contributed by atoms with Gasteiger partial charge in [0.15, 0.2) is 0 Å². The zero-order chi connectivity index (χ0) is 18.8. The molecule has 7 heteroatoms. The normalized spacial score (nSPS) is 10.8. The molecule has 0 radical (unpaired) electrons. The molecule has 0 saturated heterocycles. The van der Waals surface area contributed by atoms with Crippen molar-refractivity contribution in [1.82, 2.24) is 0 Å². The Bertz CT molecular complexity index is 693. The molecule has 0 bridgehead atoms. The van der Waals surface area contributed by atoms with Crippen molar-refractivity contribution in [3.8, 4) is 0 Å². The molecule has 0 aliphatic rings. The standard InChI is InChI=1S/C19H19P.CH3O4P.H2O.H2/c1-20(17-11-5-2-6-12-17,18-13-7-3-8-14-18)19-15-9-4-10-16-19;2-1-5-6(3)4;;/h2-16,20H,1H3;1,3-4H;1H2;1H. The third-order valence-electron chi connectivity index (χ3n) is 4.19. The molecule has 3 aromatic carbocycles. The molecule has 0 unspecified atom stereocenters. The van der Waals surface area contributed by atoms with Crippen LogP contribution in [-0.2, 0) is 9.32 Å². The van der Waals surface area contributed by atoms with Crippen molar-refractivity contribution in [2.75, 3.05) is 6.66 Å². The van der Waals surface area contributed by atoms with Crippen LogP contribution in [0.25, 0.3) is 0 Å². The second kappa shape index (κ2) is 11.6. The van der Waals surface area contributed by atoms with Crippen LogP contribution in [0, 0.1) is 0 Å². The van der Waals surface area contributed by atoms with E-state index in [2.05, 4.69) is 102 Å². The van der Waals surface area contributed by atoms with Crippen molar-refractivity contribution in [2.24, 2.45) is 0 Å². The molecule has 0 spiro atoms. The summed E-state index contributed by atoms with van der Waals surface area (Å²) in [5, 5.41) is 4.37. The van der Waals surface area contributed by atoms with Crippen LogP contribution in [-0.4, -0.2) is 28.4 Å². The summed E-state index contributed by atoms with van der Waals surface area (Å²) in [6.07, 6.45) is 0. The van der Waals surface area contributed by atoms with Crippen LogP contribution in [0.4, 0.5) is 0 Å². The van der Waals surface area contributed by atoms with Gasteiger partial charge in [0.2, 0.25) is 0 Å². The zero-order valence-electron chi connectivity index (χ0n) is 14.9. The van der Waals surface area contributed by atoms with E-state index in [-0.39, 0.29) is 13.4 Å². The third-order valence-corrected chi connectivity index (χ3v) is 8.93. The largest absolute Gasteiger partial charge is 0.412 e. The van der Waals surface area contributed by atoms with E-state index in [0.717, 1.165) is 0 Å². The van der Waals surface area contributed by atoms with Crippen LogP contribution in [0.15, 0.2) is 91.0 Å². The van der Waals surface area contributed by atoms with Gasteiger partial charge in [0, 0.05) is 1.43 Å². The van der Waals surface area contributed by atoms with Crippen molar-refractivity contribution in [3.63, 3.8) is 0 Å². The summed E-state index contributed by atoms with van der Waals surface area (Å²) >= 11 is 0. The molecule has 0 saturated carbocycles. The van der Waals surface area contributed by atoms with Gasteiger partial charge in [-0.3, -0.25) is 4.79 Å². The first-order valence-electron chi connectivity index (χ1n) is 8.04. The summed E-state index contributed by atoms with van der Waals surface area (Å²) in [5.74, 6) is 0. The van der Waals surface area contributed by atoms with Crippen LogP contribution >= 0.6 is 15.9 Å². The Morgan fingerprint density at radius 3 is 1.26 bits per heavy atom. The van der Waals surface area contributed by atoms with E-state index in [9.17, 15) is 0 Å². The van der Waals surface area contributed by atoms with Crippen LogP contribution in [0.5, 0.6) is 0 Å². The van der Waals surface area contributed by atoms with Crippen molar-refractivity contribution >= 4 is 38.3 Å². The smallest absolute Gasteiger partial charge is 0.393 e. The Labute approximate surface area is 162 Å². The Morgan fingerprint density at radius 1 is 0.778 bits per heavy atom. The minimum absolute atomic E-state index is 0. The molecule has 0 heterocycles. The summed E-state index contributed by atoms with van der Waals surface area (Å²) in [7, 11) is -4.35. The van der Waals surface area contributed by atoms with E-state index in [1.54, 1.807) is 0 Å². The van der Waals surface area contributed by atoms with E-state index in [1.807, 2.05) is 0 Å². The van der Waals surface area contributed by atoms with E-state index < -0.39 is 15.9 Å². The second-order valence-electron chi connectivity index (χ2n) is 5.68. The van der Waals surface area contributed by atoms with Crippen LogP contribution in [0.2, 0.25) is 0 Å². The second-order valence-corrected chi connectivity index (χ2v) is 10.4. The maximum atomic E-state index is 9.09. The Balaban J connectivity index is 0.000000804. The van der Waals surface area contributed by atoms with Crippen LogP contribution < -0.4 is 15.9 Å². The molecule has 0 aromatic heterocycles. The summed E-state index contributed by atoms with van der Waals surface area (Å²) < 4.78 is 3.54. The molecule has 4 N–H and O–H groups in total. The molecule has 5 nitrogen and oxygen atoms in total. The molecular weight excluding hydrogens is 382 g/mol. The number of hydrogen-bond acceptors (Lipinski definition) is 4. The molecule has 0 amide bonds. The molecular formula is C20H26O5P2. The number of carbonyl (C=O) groups excluding carboxylic acids is 1. The van der Waals surface area contributed by atoms with Gasteiger partial charge in [0.05, 0.1) is 0 Å². The fourth-order valence-electron chi connectivity index (χ4n) is 2.85. The van der Waals surface area contributed by atoms with Gasteiger partial charge >= 0.3 is 129 Å². The van der Waals surface area contributed by atoms with E-state index >= 15 is 0 Å². The SMILES string of the molecule is C[PH](c1ccccc1)(c1ccccc1)c1ccccc1.O.O=COP(O)O.[HH]. The first-order valence-corrected chi connectivity index (χ1v) is 11.7. The molecule has 27 heavy (non-hydrogen) atoms. The van der Waals surface area contributed by atoms with E-state index in [1.165, 1.54) is 15.9 Å². The topological polar surface area (TPSA) is 98.3 Å². The summed E-state index contributed by atoms with van der Waals surface area (Å²) in [6.45, 7) is 2.42. The predicted octanol–water partition coefficient (Wildman–Crippen LogP) is 2.13. The molecule has 0 fully saturated rings. The maximum absolute atomic E-state index is 9.09. The predicted molar refractivity (Wildman–Crippen MR) is 117 cm³/mol. The minimum Gasteiger partial charge on any atom is -0.412 e. The number of benzene rings is 3. The average Bonchev–Trinajstić information content (AvgIpc) is 2.70. The fourth-order valence-corrected chi connectivity index (χ4v) is 6.51. The Kier molecular flexibility index (Phi) is 9.81. The Morgan fingerprint density at radius 2 is 1.07 bits per heavy atom. The number of carbonyl (C=O) groups is 1. The maximum Gasteiger partial charge on any atom is 0.393 e. The molecule has 3 aromatic rings. The van der Waals surface area contributed by atoms with Crippen molar-refractivity contribution in [3.05, 3.63) is 91.0 Å². The van der Waals surface area contributed by atoms with Gasteiger partial charge in [-0.15, -0.1) is 0 Å². The van der Waals surface area contributed by atoms with Gasteiger partial charge in [-0.1, -0.05) is 0 Å². The van der Waals surface area contributed by atoms with Crippen molar-refractivity contribution in [1.29, 1.82) is 0 Å². The van der Waals surface area contributed by atoms with Gasteiger partial charge in [0.1, 0.15) is 0 Å². The number of hydrogen-bond donors (Lipinski definition) is 2. The van der Waals surface area contributed by atoms with Gasteiger partial charge in [-0.25, -0.2) is 0 Å². The van der Waals surface area contributed by atoms with Crippen LogP contribution in [0.3, 0.4) is 0 Å². The Hall–Kier alpha value is -2.13. The van der Waals surface area contributed by atoms with Gasteiger partial charge in [-0.05, 0) is 0 Å². The summed E-state index contributed by atoms with van der Waals surface area (Å²) in [5.41, 5.74) is 0. The van der Waals surface area contributed by atoms with E-state index in [0.29, 0.717) is 0 Å². The van der Waals surface area contributed by atoms with Crippen LogP contribution in [0.1, 0.15) is 1.43 Å². The van der Waals surface area contributed by atoms with Crippen molar-refractivity contribution in [2.45, 2.75) is 0 Å². The average molecular weight is 408 g/mol. The van der Waals surface area contributed by atoms with Gasteiger partial charge < -0.3 is 19.8 Å². The molecule has 3 rings (SSSR count). The molecule has 146 valence electrons. The van der Waals surface area contributed by atoms with Crippen molar-refractivity contribution < 1.29 is 26.0 Å². The fraction of sp³-hybridized carbons (Fsp3) is 0.0500. The molecule has 0 aliphatic heterocycles. The molecule has 0 atom stereocenters. The third kappa shape index (κ3) is 6.21. The summed E-state index contributed by atoms with van der Waals surface area (Å²) in [6, 6.07) is 32.8. The number of rotatable bonds is 5. The minimum atomic E-state index is -2.47. The monoisotopic (exact) mass is 408 g/mol. The quantitative estimate of drug-likeness (QED) is 0.499.